The molecule has 2 aromatic rings. The molecule has 0 saturated heterocycles. The number of benzene rings is 2. The van der Waals surface area contributed by atoms with Gasteiger partial charge in [0.15, 0.2) is 0 Å². The van der Waals surface area contributed by atoms with E-state index in [1.165, 1.54) is 0 Å². The van der Waals surface area contributed by atoms with Crippen molar-refractivity contribution in [3.8, 4) is 5.75 Å². The monoisotopic (exact) mass is 392 g/mol. The van der Waals surface area contributed by atoms with Gasteiger partial charge in [-0.25, -0.2) is 0 Å². The van der Waals surface area contributed by atoms with Crippen LogP contribution in [-0.4, -0.2) is 18.9 Å². The quantitative estimate of drug-likeness (QED) is 0.783. The highest BCUT2D eigenvalue weighted by Crippen LogP contribution is 2.40. The standard InChI is InChI=1S/C19H18Cl2N2O3/c1-26-13-5-2-11(3-6-13)10-22-18(24)14-9-15(14)19(25)23-17-8-12(20)4-7-16(17)21/h2-8,14-15H,9-10H2,1H3,(H,22,24)(H,23,25). The molecule has 0 radical (unpaired) electrons. The number of amides is 2. The minimum absolute atomic E-state index is 0.127. The van der Waals surface area contributed by atoms with Crippen LogP contribution in [-0.2, 0) is 16.1 Å². The average Bonchev–Trinajstić information content (AvgIpc) is 3.44. The first kappa shape index (κ1) is 18.5. The molecule has 1 fully saturated rings. The molecule has 0 aromatic heterocycles. The smallest absolute Gasteiger partial charge is 0.228 e. The highest BCUT2D eigenvalue weighted by Gasteiger charge is 2.48. The van der Waals surface area contributed by atoms with E-state index in [4.69, 9.17) is 27.9 Å². The minimum Gasteiger partial charge on any atom is -0.497 e. The molecule has 0 aliphatic heterocycles. The highest BCUT2D eigenvalue weighted by atomic mass is 35.5. The molecule has 7 heteroatoms. The molecule has 5 nitrogen and oxygen atoms in total. The van der Waals surface area contributed by atoms with Crippen LogP contribution in [0.1, 0.15) is 12.0 Å². The number of carbonyl (C=O) groups excluding carboxylic acids is 2. The lowest BCUT2D eigenvalue weighted by molar-refractivity contribution is -0.125. The maximum Gasteiger partial charge on any atom is 0.228 e. The number of halogens is 2. The molecular formula is C19H18Cl2N2O3. The van der Waals surface area contributed by atoms with Gasteiger partial charge in [-0.2, -0.15) is 0 Å². The van der Waals surface area contributed by atoms with Crippen molar-refractivity contribution in [1.29, 1.82) is 0 Å². The van der Waals surface area contributed by atoms with Crippen molar-refractivity contribution in [2.45, 2.75) is 13.0 Å². The van der Waals surface area contributed by atoms with E-state index in [0.717, 1.165) is 11.3 Å². The van der Waals surface area contributed by atoms with E-state index in [9.17, 15) is 9.59 Å². The van der Waals surface area contributed by atoms with E-state index >= 15 is 0 Å². The Bertz CT molecular complexity index is 824. The molecule has 2 atom stereocenters. The normalized spacial score (nSPS) is 18.1. The van der Waals surface area contributed by atoms with Crippen LogP contribution in [0.5, 0.6) is 5.75 Å². The Labute approximate surface area is 161 Å². The van der Waals surface area contributed by atoms with Crippen LogP contribution in [0, 0.1) is 11.8 Å². The zero-order valence-electron chi connectivity index (χ0n) is 14.1. The molecule has 136 valence electrons. The summed E-state index contributed by atoms with van der Waals surface area (Å²) in [6, 6.07) is 12.3. The summed E-state index contributed by atoms with van der Waals surface area (Å²) >= 11 is 12.0. The largest absolute Gasteiger partial charge is 0.497 e. The molecule has 2 amide bonds. The number of hydrogen-bond donors (Lipinski definition) is 2. The van der Waals surface area contributed by atoms with Crippen LogP contribution >= 0.6 is 23.2 Å². The predicted molar refractivity (Wildman–Crippen MR) is 102 cm³/mol. The lowest BCUT2D eigenvalue weighted by Crippen LogP contribution is -2.27. The summed E-state index contributed by atoms with van der Waals surface area (Å²) in [6.45, 7) is 0.411. The zero-order chi connectivity index (χ0) is 18.7. The molecule has 26 heavy (non-hydrogen) atoms. The number of nitrogens with one attached hydrogen (secondary N) is 2. The van der Waals surface area contributed by atoms with Crippen LogP contribution in [0.4, 0.5) is 5.69 Å². The summed E-state index contributed by atoms with van der Waals surface area (Å²) in [7, 11) is 1.60. The Hall–Kier alpha value is -2.24. The van der Waals surface area contributed by atoms with Crippen molar-refractivity contribution in [1.82, 2.24) is 5.32 Å². The SMILES string of the molecule is COc1ccc(CNC(=O)C2CC2C(=O)Nc2cc(Cl)ccc2Cl)cc1. The minimum atomic E-state index is -0.346. The van der Waals surface area contributed by atoms with Crippen molar-refractivity contribution in [2.24, 2.45) is 11.8 Å². The second-order valence-corrected chi connectivity index (χ2v) is 6.97. The lowest BCUT2D eigenvalue weighted by atomic mass is 10.2. The van der Waals surface area contributed by atoms with Gasteiger partial charge in [-0.15, -0.1) is 0 Å². The molecule has 2 aromatic carbocycles. The summed E-state index contributed by atoms with van der Waals surface area (Å²) < 4.78 is 5.10. The first-order valence-electron chi connectivity index (χ1n) is 8.14. The van der Waals surface area contributed by atoms with Crippen LogP contribution in [0.15, 0.2) is 42.5 Å². The van der Waals surface area contributed by atoms with E-state index in [-0.39, 0.29) is 23.7 Å². The van der Waals surface area contributed by atoms with Gasteiger partial charge in [0.1, 0.15) is 5.75 Å². The van der Waals surface area contributed by atoms with Crippen LogP contribution in [0.3, 0.4) is 0 Å². The molecule has 1 aliphatic carbocycles. The summed E-state index contributed by atoms with van der Waals surface area (Å²) in [5.74, 6) is -0.247. The number of methoxy groups -OCH3 is 1. The van der Waals surface area contributed by atoms with Crippen molar-refractivity contribution in [2.75, 3.05) is 12.4 Å². The third-order valence-electron chi connectivity index (χ3n) is 4.28. The maximum atomic E-state index is 12.3. The number of rotatable bonds is 6. The fourth-order valence-corrected chi connectivity index (χ4v) is 2.99. The molecule has 1 aliphatic rings. The van der Waals surface area contributed by atoms with Gasteiger partial charge in [0, 0.05) is 11.6 Å². The summed E-state index contributed by atoms with van der Waals surface area (Å²) in [6.07, 6.45) is 0.526. The topological polar surface area (TPSA) is 67.4 Å². The highest BCUT2D eigenvalue weighted by molar-refractivity contribution is 6.35. The number of ether oxygens (including phenoxy) is 1. The van der Waals surface area contributed by atoms with Crippen LogP contribution in [0.25, 0.3) is 0 Å². The number of anilines is 1. The molecule has 0 heterocycles. The second kappa shape index (κ2) is 7.98. The van der Waals surface area contributed by atoms with Crippen molar-refractivity contribution in [3.63, 3.8) is 0 Å². The Morgan fingerprint density at radius 1 is 1.08 bits per heavy atom. The molecule has 0 spiro atoms. The van der Waals surface area contributed by atoms with Gasteiger partial charge in [-0.1, -0.05) is 35.3 Å². The summed E-state index contributed by atoms with van der Waals surface area (Å²) in [5, 5.41) is 6.48. The van der Waals surface area contributed by atoms with Gasteiger partial charge in [0.05, 0.1) is 29.7 Å². The first-order valence-corrected chi connectivity index (χ1v) is 8.90. The Morgan fingerprint density at radius 3 is 2.46 bits per heavy atom. The van der Waals surface area contributed by atoms with E-state index in [2.05, 4.69) is 10.6 Å². The van der Waals surface area contributed by atoms with Crippen LogP contribution in [0.2, 0.25) is 10.0 Å². The van der Waals surface area contributed by atoms with Gasteiger partial charge in [-0.3, -0.25) is 9.59 Å². The van der Waals surface area contributed by atoms with E-state index in [1.54, 1.807) is 25.3 Å². The second-order valence-electron chi connectivity index (χ2n) is 6.13. The third kappa shape index (κ3) is 4.48. The molecule has 3 rings (SSSR count). The van der Waals surface area contributed by atoms with Crippen molar-refractivity contribution < 1.29 is 14.3 Å². The fraction of sp³-hybridized carbons (Fsp3) is 0.263. The Kier molecular flexibility index (Phi) is 5.69. The third-order valence-corrected chi connectivity index (χ3v) is 4.84. The maximum absolute atomic E-state index is 12.3. The summed E-state index contributed by atoms with van der Waals surface area (Å²) in [5.41, 5.74) is 1.42. The van der Waals surface area contributed by atoms with Crippen molar-refractivity contribution >= 4 is 40.7 Å². The zero-order valence-corrected chi connectivity index (χ0v) is 15.6. The van der Waals surface area contributed by atoms with Gasteiger partial charge in [0.25, 0.3) is 0 Å². The van der Waals surface area contributed by atoms with Gasteiger partial charge >= 0.3 is 0 Å². The fourth-order valence-electron chi connectivity index (χ4n) is 2.66. The molecule has 2 unspecified atom stereocenters. The molecule has 0 bridgehead atoms. The van der Waals surface area contributed by atoms with E-state index < -0.39 is 0 Å². The number of hydrogen-bond acceptors (Lipinski definition) is 3. The van der Waals surface area contributed by atoms with Gasteiger partial charge in [-0.05, 0) is 42.3 Å². The van der Waals surface area contributed by atoms with Gasteiger partial charge in [0.2, 0.25) is 11.8 Å². The summed E-state index contributed by atoms with van der Waals surface area (Å²) in [4.78, 5) is 24.5. The molecular weight excluding hydrogens is 375 g/mol. The predicted octanol–water partition coefficient (Wildman–Crippen LogP) is 3.89. The lowest BCUT2D eigenvalue weighted by Gasteiger charge is -2.08. The van der Waals surface area contributed by atoms with E-state index in [1.807, 2.05) is 24.3 Å². The Morgan fingerprint density at radius 2 is 1.77 bits per heavy atom. The Balaban J connectivity index is 1.50. The number of carbonyl (C=O) groups is 2. The van der Waals surface area contributed by atoms with E-state index in [0.29, 0.717) is 28.7 Å². The molecule has 1 saturated carbocycles. The van der Waals surface area contributed by atoms with Gasteiger partial charge < -0.3 is 15.4 Å². The molecule has 2 N–H and O–H groups in total. The van der Waals surface area contributed by atoms with Crippen molar-refractivity contribution in [3.05, 3.63) is 58.1 Å². The first-order chi connectivity index (χ1) is 12.5. The van der Waals surface area contributed by atoms with Crippen LogP contribution < -0.4 is 15.4 Å². The average molecular weight is 393 g/mol.